The summed E-state index contributed by atoms with van der Waals surface area (Å²) in [6.07, 6.45) is -0.0626. The molecule has 0 bridgehead atoms. The smallest absolute Gasteiger partial charge is 0.326 e. The van der Waals surface area contributed by atoms with Crippen molar-refractivity contribution in [2.24, 2.45) is 0 Å². The fourth-order valence-electron chi connectivity index (χ4n) is 0.852. The lowest BCUT2D eigenvalue weighted by Gasteiger charge is -2.13. The van der Waals surface area contributed by atoms with Crippen molar-refractivity contribution in [1.82, 2.24) is 10.6 Å². The van der Waals surface area contributed by atoms with Crippen molar-refractivity contribution >= 4 is 18.0 Å². The Morgan fingerprint density at radius 2 is 2.00 bits per heavy atom. The Hall–Kier alpha value is -1.79. The predicted octanol–water partition coefficient (Wildman–Crippen LogP) is -0.678. The van der Waals surface area contributed by atoms with E-state index in [0.29, 0.717) is 0 Å². The second kappa shape index (κ2) is 6.63. The third-order valence-corrected chi connectivity index (χ3v) is 1.70. The number of carbonyl (C=O) groups excluding carboxylic acids is 2. The van der Waals surface area contributed by atoms with Gasteiger partial charge < -0.3 is 20.5 Å². The number of esters is 1. The number of hydrogen-bond acceptors (Lipinski definition) is 4. The molecule has 0 radical (unpaired) electrons. The van der Waals surface area contributed by atoms with E-state index in [1.165, 1.54) is 14.2 Å². The first-order valence-corrected chi connectivity index (χ1v) is 4.29. The Labute approximate surface area is 86.8 Å². The number of aliphatic carboxylic acids is 1. The van der Waals surface area contributed by atoms with Crippen molar-refractivity contribution in [3.05, 3.63) is 0 Å². The lowest BCUT2D eigenvalue weighted by molar-refractivity contribution is -0.142. The molecule has 1 atom stereocenters. The molecular formula is C8H14N2O5. The van der Waals surface area contributed by atoms with Gasteiger partial charge in [0.15, 0.2) is 0 Å². The standard InChI is InChI=1S/C8H14N2O5/c1-9-8(14)10-5(7(12)13)3-4-6(11)15-2/h5H,3-4H2,1-2H3,(H,12,13)(H2,9,10,14)/t5-/m1/s1. The van der Waals surface area contributed by atoms with Crippen LogP contribution in [0.1, 0.15) is 12.8 Å². The van der Waals surface area contributed by atoms with E-state index in [-0.39, 0.29) is 12.8 Å². The number of rotatable bonds is 5. The van der Waals surface area contributed by atoms with E-state index in [1.54, 1.807) is 0 Å². The van der Waals surface area contributed by atoms with Crippen LogP contribution in [-0.4, -0.2) is 43.3 Å². The summed E-state index contributed by atoms with van der Waals surface area (Å²) in [5.41, 5.74) is 0. The van der Waals surface area contributed by atoms with Gasteiger partial charge in [-0.15, -0.1) is 0 Å². The van der Waals surface area contributed by atoms with E-state index in [2.05, 4.69) is 15.4 Å². The molecule has 7 nitrogen and oxygen atoms in total. The van der Waals surface area contributed by atoms with Gasteiger partial charge in [-0.2, -0.15) is 0 Å². The number of carboxylic acids is 1. The molecule has 0 aliphatic rings. The molecule has 0 aliphatic heterocycles. The van der Waals surface area contributed by atoms with Gasteiger partial charge in [-0.25, -0.2) is 9.59 Å². The van der Waals surface area contributed by atoms with E-state index in [1.807, 2.05) is 0 Å². The average Bonchev–Trinajstić information content (AvgIpc) is 2.22. The van der Waals surface area contributed by atoms with Gasteiger partial charge in [-0.1, -0.05) is 0 Å². The summed E-state index contributed by atoms with van der Waals surface area (Å²) >= 11 is 0. The first-order valence-electron chi connectivity index (χ1n) is 4.29. The highest BCUT2D eigenvalue weighted by Crippen LogP contribution is 1.99. The van der Waals surface area contributed by atoms with Crippen LogP contribution in [0, 0.1) is 0 Å². The Bertz CT molecular complexity index is 253. The minimum Gasteiger partial charge on any atom is -0.480 e. The minimum atomic E-state index is -1.19. The van der Waals surface area contributed by atoms with Crippen LogP contribution in [0.5, 0.6) is 0 Å². The maximum Gasteiger partial charge on any atom is 0.326 e. The van der Waals surface area contributed by atoms with Crippen LogP contribution in [0.2, 0.25) is 0 Å². The summed E-state index contributed by atoms with van der Waals surface area (Å²) in [7, 11) is 2.58. The summed E-state index contributed by atoms with van der Waals surface area (Å²) in [6, 6.07) is -1.70. The van der Waals surface area contributed by atoms with Crippen LogP contribution >= 0.6 is 0 Å². The van der Waals surface area contributed by atoms with Crippen molar-refractivity contribution in [3.63, 3.8) is 0 Å². The van der Waals surface area contributed by atoms with Crippen LogP contribution in [0.25, 0.3) is 0 Å². The number of urea groups is 1. The largest absolute Gasteiger partial charge is 0.480 e. The summed E-state index contributed by atoms with van der Waals surface area (Å²) in [6.45, 7) is 0. The predicted molar refractivity (Wildman–Crippen MR) is 50.3 cm³/mol. The van der Waals surface area contributed by atoms with Gasteiger partial charge in [0.2, 0.25) is 0 Å². The number of carbonyl (C=O) groups is 3. The molecule has 7 heteroatoms. The minimum absolute atomic E-state index is 0.00454. The second-order valence-corrected chi connectivity index (χ2v) is 2.73. The molecule has 0 spiro atoms. The van der Waals surface area contributed by atoms with E-state index in [9.17, 15) is 14.4 Å². The van der Waals surface area contributed by atoms with Crippen molar-refractivity contribution in [1.29, 1.82) is 0 Å². The Morgan fingerprint density at radius 1 is 1.40 bits per heavy atom. The molecule has 0 rings (SSSR count). The third kappa shape index (κ3) is 5.50. The SMILES string of the molecule is CNC(=O)N[C@H](CCC(=O)OC)C(=O)O. The molecule has 0 unspecified atom stereocenters. The number of nitrogens with one attached hydrogen (secondary N) is 2. The van der Waals surface area contributed by atoms with Crippen LogP contribution in [0.15, 0.2) is 0 Å². The maximum absolute atomic E-state index is 10.8. The van der Waals surface area contributed by atoms with Crippen LogP contribution in [0.3, 0.4) is 0 Å². The molecule has 2 amide bonds. The fourth-order valence-corrected chi connectivity index (χ4v) is 0.852. The quantitative estimate of drug-likeness (QED) is 0.530. The molecule has 0 aromatic heterocycles. The van der Waals surface area contributed by atoms with Crippen molar-refractivity contribution in [3.8, 4) is 0 Å². The normalized spacial score (nSPS) is 11.3. The number of methoxy groups -OCH3 is 1. The highest BCUT2D eigenvalue weighted by atomic mass is 16.5. The average molecular weight is 218 g/mol. The van der Waals surface area contributed by atoms with Crippen LogP contribution in [-0.2, 0) is 14.3 Å². The summed E-state index contributed by atoms with van der Waals surface area (Å²) < 4.78 is 4.35. The summed E-state index contributed by atoms with van der Waals surface area (Å²) in [4.78, 5) is 32.2. The monoisotopic (exact) mass is 218 g/mol. The molecular weight excluding hydrogens is 204 g/mol. The molecule has 0 saturated carbocycles. The van der Waals surface area contributed by atoms with Crippen LogP contribution in [0.4, 0.5) is 4.79 Å². The molecule has 0 saturated heterocycles. The lowest BCUT2D eigenvalue weighted by Crippen LogP contribution is -2.45. The number of ether oxygens (including phenoxy) is 1. The number of carboxylic acid groups (broad SMARTS) is 1. The second-order valence-electron chi connectivity index (χ2n) is 2.73. The molecule has 0 aromatic rings. The lowest BCUT2D eigenvalue weighted by atomic mass is 10.1. The molecule has 0 aromatic carbocycles. The zero-order valence-corrected chi connectivity index (χ0v) is 8.57. The summed E-state index contributed by atoms with van der Waals surface area (Å²) in [5, 5.41) is 13.1. The molecule has 0 aliphatic carbocycles. The van der Waals surface area contributed by atoms with Crippen LogP contribution < -0.4 is 10.6 Å². The Balaban J connectivity index is 4.11. The maximum atomic E-state index is 10.8. The molecule has 86 valence electrons. The van der Waals surface area contributed by atoms with Gasteiger partial charge in [0, 0.05) is 13.5 Å². The Morgan fingerprint density at radius 3 is 2.40 bits per heavy atom. The van der Waals surface area contributed by atoms with Gasteiger partial charge in [0.05, 0.1) is 7.11 Å². The van der Waals surface area contributed by atoms with Gasteiger partial charge >= 0.3 is 18.0 Å². The molecule has 0 heterocycles. The van der Waals surface area contributed by atoms with Gasteiger partial charge in [0.25, 0.3) is 0 Å². The van der Waals surface area contributed by atoms with E-state index < -0.39 is 24.0 Å². The third-order valence-electron chi connectivity index (χ3n) is 1.70. The van der Waals surface area contributed by atoms with Crippen molar-refractivity contribution in [2.45, 2.75) is 18.9 Å². The first-order chi connectivity index (χ1) is 7.01. The highest BCUT2D eigenvalue weighted by Gasteiger charge is 2.20. The molecule has 3 N–H and O–H groups in total. The summed E-state index contributed by atoms with van der Waals surface area (Å²) in [5.74, 6) is -1.71. The number of amides is 2. The molecule has 0 fully saturated rings. The fraction of sp³-hybridized carbons (Fsp3) is 0.625. The van der Waals surface area contributed by atoms with E-state index >= 15 is 0 Å². The number of hydrogen-bond donors (Lipinski definition) is 3. The highest BCUT2D eigenvalue weighted by molar-refractivity contribution is 5.82. The molecule has 15 heavy (non-hydrogen) atoms. The van der Waals surface area contributed by atoms with Crippen molar-refractivity contribution in [2.75, 3.05) is 14.2 Å². The van der Waals surface area contributed by atoms with E-state index in [4.69, 9.17) is 5.11 Å². The first kappa shape index (κ1) is 13.2. The van der Waals surface area contributed by atoms with Gasteiger partial charge in [-0.3, -0.25) is 4.79 Å². The zero-order chi connectivity index (χ0) is 11.8. The zero-order valence-electron chi connectivity index (χ0n) is 8.57. The van der Waals surface area contributed by atoms with Gasteiger partial charge in [0.1, 0.15) is 6.04 Å². The van der Waals surface area contributed by atoms with Gasteiger partial charge in [-0.05, 0) is 6.42 Å². The topological polar surface area (TPSA) is 105 Å². The van der Waals surface area contributed by atoms with E-state index in [0.717, 1.165) is 0 Å². The Kier molecular flexibility index (Phi) is 5.84. The van der Waals surface area contributed by atoms with Crippen molar-refractivity contribution < 1.29 is 24.2 Å².